The first-order chi connectivity index (χ1) is 15.7. The number of amides is 1. The topological polar surface area (TPSA) is 102 Å². The van der Waals surface area contributed by atoms with Gasteiger partial charge in [0.15, 0.2) is 6.61 Å². The number of nitrogens with one attached hydrogen (secondary N) is 1. The third kappa shape index (κ3) is 6.25. The number of sulfonamides is 1. The Hall–Kier alpha value is -2.62. The molecule has 3 rings (SSSR count). The Morgan fingerprint density at radius 2 is 1.97 bits per heavy atom. The highest BCUT2D eigenvalue weighted by Gasteiger charge is 2.31. The summed E-state index contributed by atoms with van der Waals surface area (Å²) in [6, 6.07) is 11.1. The molecular weight excluding hydrogens is 468 g/mol. The fourth-order valence-electron chi connectivity index (χ4n) is 3.64. The van der Waals surface area contributed by atoms with E-state index in [1.165, 1.54) is 29.6 Å². The van der Waals surface area contributed by atoms with Crippen molar-refractivity contribution in [2.45, 2.75) is 31.2 Å². The standard InChI is InChI=1S/C23H27ClN2O6S/c1-16-6-5-11-26(14-16)33(29,30)21-12-17(9-10-19(21)24)23(28)32-15-22(27)25-13-18-7-3-4-8-20(18)31-2/h3-4,7-10,12,16H,5-6,11,13-15H2,1-2H3,(H,25,27). The molecule has 1 aliphatic heterocycles. The summed E-state index contributed by atoms with van der Waals surface area (Å²) in [5, 5.41) is 2.68. The number of methoxy groups -OCH3 is 1. The molecule has 1 aliphatic rings. The first-order valence-corrected chi connectivity index (χ1v) is 12.4. The number of ether oxygens (including phenoxy) is 2. The Morgan fingerprint density at radius 3 is 2.70 bits per heavy atom. The molecular formula is C23H27ClN2O6S. The molecule has 0 bridgehead atoms. The predicted octanol–water partition coefficient (Wildman–Crippen LogP) is 3.24. The third-order valence-corrected chi connectivity index (χ3v) is 7.75. The zero-order chi connectivity index (χ0) is 24.0. The SMILES string of the molecule is COc1ccccc1CNC(=O)COC(=O)c1ccc(Cl)c(S(=O)(=O)N2CCCC(C)C2)c1. The number of para-hydroxylation sites is 1. The molecule has 2 aromatic carbocycles. The van der Waals surface area contributed by atoms with Gasteiger partial charge in [-0.3, -0.25) is 4.79 Å². The number of esters is 1. The molecule has 0 saturated carbocycles. The van der Waals surface area contributed by atoms with E-state index in [4.69, 9.17) is 21.1 Å². The number of hydrogen-bond acceptors (Lipinski definition) is 6. The molecule has 33 heavy (non-hydrogen) atoms. The monoisotopic (exact) mass is 494 g/mol. The van der Waals surface area contributed by atoms with Crippen molar-refractivity contribution in [2.24, 2.45) is 5.92 Å². The number of rotatable bonds is 8. The van der Waals surface area contributed by atoms with E-state index < -0.39 is 28.5 Å². The van der Waals surface area contributed by atoms with Crippen LogP contribution in [0.3, 0.4) is 0 Å². The normalized spacial score (nSPS) is 16.8. The summed E-state index contributed by atoms with van der Waals surface area (Å²) in [6.07, 6.45) is 1.73. The molecule has 0 aromatic heterocycles. The Morgan fingerprint density at radius 1 is 1.21 bits per heavy atom. The van der Waals surface area contributed by atoms with Crippen LogP contribution in [0.15, 0.2) is 47.4 Å². The van der Waals surface area contributed by atoms with Crippen LogP contribution in [-0.4, -0.2) is 51.4 Å². The summed E-state index contributed by atoms with van der Waals surface area (Å²) in [6.45, 7) is 2.50. The molecule has 1 atom stereocenters. The molecule has 0 aliphatic carbocycles. The van der Waals surface area contributed by atoms with Crippen molar-refractivity contribution in [3.8, 4) is 5.75 Å². The van der Waals surface area contributed by atoms with Crippen LogP contribution in [0.1, 0.15) is 35.7 Å². The molecule has 2 aromatic rings. The van der Waals surface area contributed by atoms with Crippen LogP contribution in [0.25, 0.3) is 0 Å². The highest BCUT2D eigenvalue weighted by atomic mass is 35.5. The molecule has 178 valence electrons. The zero-order valence-electron chi connectivity index (χ0n) is 18.5. The van der Waals surface area contributed by atoms with Crippen LogP contribution in [0, 0.1) is 5.92 Å². The van der Waals surface area contributed by atoms with Crippen LogP contribution < -0.4 is 10.1 Å². The number of halogens is 1. The predicted molar refractivity (Wildman–Crippen MR) is 124 cm³/mol. The minimum atomic E-state index is -3.86. The number of carbonyl (C=O) groups is 2. The molecule has 1 saturated heterocycles. The number of piperidine rings is 1. The second kappa shape index (κ2) is 11.0. The molecule has 1 unspecified atom stereocenters. The lowest BCUT2D eigenvalue weighted by Gasteiger charge is -2.30. The summed E-state index contributed by atoms with van der Waals surface area (Å²) in [4.78, 5) is 24.4. The van der Waals surface area contributed by atoms with E-state index >= 15 is 0 Å². The highest BCUT2D eigenvalue weighted by Crippen LogP contribution is 2.29. The number of hydrogen-bond donors (Lipinski definition) is 1. The maximum Gasteiger partial charge on any atom is 0.338 e. The van der Waals surface area contributed by atoms with E-state index in [2.05, 4.69) is 5.32 Å². The largest absolute Gasteiger partial charge is 0.496 e. The van der Waals surface area contributed by atoms with Crippen LogP contribution in [0.5, 0.6) is 5.75 Å². The van der Waals surface area contributed by atoms with Crippen molar-refractivity contribution < 1.29 is 27.5 Å². The van der Waals surface area contributed by atoms with Gasteiger partial charge in [0.25, 0.3) is 5.91 Å². The van der Waals surface area contributed by atoms with Gasteiger partial charge >= 0.3 is 5.97 Å². The summed E-state index contributed by atoms with van der Waals surface area (Å²) < 4.78 is 37.9. The molecule has 0 spiro atoms. The van der Waals surface area contributed by atoms with Crippen LogP contribution >= 0.6 is 11.6 Å². The quantitative estimate of drug-likeness (QED) is 0.565. The number of nitrogens with zero attached hydrogens (tertiary/aromatic N) is 1. The summed E-state index contributed by atoms with van der Waals surface area (Å²) in [7, 11) is -2.32. The summed E-state index contributed by atoms with van der Waals surface area (Å²) in [5.41, 5.74) is 0.778. The molecule has 1 fully saturated rings. The molecule has 10 heteroatoms. The average Bonchev–Trinajstić information content (AvgIpc) is 2.81. The van der Waals surface area contributed by atoms with Gasteiger partial charge in [-0.1, -0.05) is 36.7 Å². The Kier molecular flexibility index (Phi) is 8.34. The van der Waals surface area contributed by atoms with Crippen LogP contribution in [0.2, 0.25) is 5.02 Å². The Bertz CT molecular complexity index is 1120. The van der Waals surface area contributed by atoms with E-state index in [0.717, 1.165) is 18.4 Å². The third-order valence-electron chi connectivity index (χ3n) is 5.41. The molecule has 1 amide bonds. The maximum atomic E-state index is 13.1. The van der Waals surface area contributed by atoms with Gasteiger partial charge in [0, 0.05) is 25.2 Å². The molecule has 1 heterocycles. The van der Waals surface area contributed by atoms with E-state index in [9.17, 15) is 18.0 Å². The van der Waals surface area contributed by atoms with Gasteiger partial charge in [0.1, 0.15) is 10.6 Å². The van der Waals surface area contributed by atoms with Crippen LogP contribution in [-0.2, 0) is 26.1 Å². The fraction of sp³-hybridized carbons (Fsp3) is 0.391. The van der Waals surface area contributed by atoms with E-state index in [0.29, 0.717) is 18.8 Å². The van der Waals surface area contributed by atoms with Gasteiger partial charge in [-0.15, -0.1) is 0 Å². The second-order valence-corrected chi connectivity index (χ2v) is 10.2. The lowest BCUT2D eigenvalue weighted by atomic mass is 10.0. The van der Waals surface area contributed by atoms with E-state index in [1.807, 2.05) is 25.1 Å². The maximum absolute atomic E-state index is 13.1. The highest BCUT2D eigenvalue weighted by molar-refractivity contribution is 7.89. The van der Waals surface area contributed by atoms with Crippen molar-refractivity contribution in [1.29, 1.82) is 0 Å². The number of benzene rings is 2. The van der Waals surface area contributed by atoms with E-state index in [-0.39, 0.29) is 27.9 Å². The lowest BCUT2D eigenvalue weighted by Crippen LogP contribution is -2.39. The summed E-state index contributed by atoms with van der Waals surface area (Å²) in [5.74, 6) is -0.441. The van der Waals surface area contributed by atoms with Gasteiger partial charge < -0.3 is 14.8 Å². The van der Waals surface area contributed by atoms with E-state index in [1.54, 1.807) is 6.07 Å². The number of carbonyl (C=O) groups excluding carboxylic acids is 2. The molecule has 8 nitrogen and oxygen atoms in total. The Balaban J connectivity index is 1.63. The molecule has 0 radical (unpaired) electrons. The van der Waals surface area contributed by atoms with Gasteiger partial charge in [-0.2, -0.15) is 4.31 Å². The van der Waals surface area contributed by atoms with Gasteiger partial charge in [-0.25, -0.2) is 13.2 Å². The first-order valence-electron chi connectivity index (χ1n) is 10.6. The smallest absolute Gasteiger partial charge is 0.338 e. The average molecular weight is 495 g/mol. The minimum absolute atomic E-state index is 0.000520. The van der Waals surface area contributed by atoms with Crippen molar-refractivity contribution in [2.75, 3.05) is 26.8 Å². The van der Waals surface area contributed by atoms with Crippen molar-refractivity contribution in [3.63, 3.8) is 0 Å². The van der Waals surface area contributed by atoms with Crippen LogP contribution in [0.4, 0.5) is 0 Å². The minimum Gasteiger partial charge on any atom is -0.496 e. The fourth-order valence-corrected chi connectivity index (χ4v) is 5.74. The lowest BCUT2D eigenvalue weighted by molar-refractivity contribution is -0.124. The second-order valence-electron chi connectivity index (χ2n) is 7.92. The van der Waals surface area contributed by atoms with Gasteiger partial charge in [0.05, 0.1) is 17.7 Å². The van der Waals surface area contributed by atoms with Gasteiger partial charge in [0.2, 0.25) is 10.0 Å². The molecule has 1 N–H and O–H groups in total. The first kappa shape index (κ1) is 25.0. The Labute approximate surface area is 198 Å². The van der Waals surface area contributed by atoms with Crippen molar-refractivity contribution in [1.82, 2.24) is 9.62 Å². The van der Waals surface area contributed by atoms with Crippen molar-refractivity contribution >= 4 is 33.5 Å². The summed E-state index contributed by atoms with van der Waals surface area (Å²) >= 11 is 6.16. The van der Waals surface area contributed by atoms with Gasteiger partial charge in [-0.05, 0) is 43.0 Å². The zero-order valence-corrected chi connectivity index (χ0v) is 20.1. The van der Waals surface area contributed by atoms with Crippen molar-refractivity contribution in [3.05, 3.63) is 58.6 Å².